The summed E-state index contributed by atoms with van der Waals surface area (Å²) in [4.78, 5) is 13.3. The molecule has 1 amide bonds. The molecule has 0 saturated carbocycles. The molecular weight excluding hydrogens is 346 g/mol. The van der Waals surface area contributed by atoms with Crippen molar-refractivity contribution in [3.8, 4) is 5.69 Å². The maximum absolute atomic E-state index is 12.2. The lowest BCUT2D eigenvalue weighted by atomic mass is 10.1. The van der Waals surface area contributed by atoms with E-state index in [0.29, 0.717) is 5.75 Å². The maximum atomic E-state index is 12.2. The third-order valence-electron chi connectivity index (χ3n) is 3.86. The smallest absolute Gasteiger partial charge is 0.234 e. The van der Waals surface area contributed by atoms with E-state index in [1.54, 1.807) is 4.68 Å². The van der Waals surface area contributed by atoms with Gasteiger partial charge in [-0.25, -0.2) is 4.68 Å². The molecule has 4 aromatic rings. The van der Waals surface area contributed by atoms with Crippen molar-refractivity contribution in [2.75, 3.05) is 11.1 Å². The average Bonchev–Trinajstić information content (AvgIpc) is 3.22. The number of tetrazole rings is 1. The van der Waals surface area contributed by atoms with Gasteiger partial charge in [-0.2, -0.15) is 0 Å². The average molecular weight is 361 g/mol. The first-order valence-electron chi connectivity index (χ1n) is 8.03. The summed E-state index contributed by atoms with van der Waals surface area (Å²) in [5.41, 5.74) is 1.57. The molecule has 4 rings (SSSR count). The number of carbonyl (C=O) groups is 1. The van der Waals surface area contributed by atoms with E-state index in [4.69, 9.17) is 0 Å². The summed E-state index contributed by atoms with van der Waals surface area (Å²) in [7, 11) is 0. The van der Waals surface area contributed by atoms with Gasteiger partial charge in [-0.3, -0.25) is 4.79 Å². The van der Waals surface area contributed by atoms with E-state index in [9.17, 15) is 4.79 Å². The zero-order valence-electron chi connectivity index (χ0n) is 13.7. The maximum Gasteiger partial charge on any atom is 0.234 e. The molecule has 6 nitrogen and oxygen atoms in total. The predicted octanol–water partition coefficient (Wildman–Crippen LogP) is 3.55. The van der Waals surface area contributed by atoms with Crippen molar-refractivity contribution < 1.29 is 4.79 Å². The van der Waals surface area contributed by atoms with Gasteiger partial charge in [-0.05, 0) is 57.6 Å². The van der Waals surface area contributed by atoms with E-state index in [-0.39, 0.29) is 5.91 Å². The highest BCUT2D eigenvalue weighted by Gasteiger charge is 2.05. The van der Waals surface area contributed by atoms with Gasteiger partial charge in [0, 0.05) is 10.6 Å². The molecule has 0 aliphatic rings. The van der Waals surface area contributed by atoms with Crippen LogP contribution in [0.3, 0.4) is 0 Å². The van der Waals surface area contributed by atoms with Crippen molar-refractivity contribution in [2.45, 2.75) is 4.90 Å². The zero-order chi connectivity index (χ0) is 17.8. The van der Waals surface area contributed by atoms with Crippen LogP contribution in [0.2, 0.25) is 0 Å². The summed E-state index contributed by atoms with van der Waals surface area (Å²) in [6.07, 6.45) is 1.52. The summed E-state index contributed by atoms with van der Waals surface area (Å²) >= 11 is 1.52. The Balaban J connectivity index is 1.36. The molecule has 0 fully saturated rings. The van der Waals surface area contributed by atoms with Crippen molar-refractivity contribution in [3.63, 3.8) is 0 Å². The summed E-state index contributed by atoms with van der Waals surface area (Å²) in [6.45, 7) is 0. The van der Waals surface area contributed by atoms with Crippen LogP contribution in [0, 0.1) is 0 Å². The van der Waals surface area contributed by atoms with Crippen LogP contribution in [0.1, 0.15) is 0 Å². The van der Waals surface area contributed by atoms with Gasteiger partial charge in [0.25, 0.3) is 0 Å². The van der Waals surface area contributed by atoms with Crippen LogP contribution >= 0.6 is 11.8 Å². The fourth-order valence-corrected chi connectivity index (χ4v) is 3.32. The van der Waals surface area contributed by atoms with E-state index in [2.05, 4.69) is 45.1 Å². The van der Waals surface area contributed by atoms with Crippen LogP contribution in [-0.4, -0.2) is 31.9 Å². The standard InChI is InChI=1S/C19H15N5OS/c25-19(12-26-18-10-5-14-3-1-2-4-15(14)11-18)21-16-6-8-17(9-7-16)24-13-20-22-23-24/h1-11,13H,12H2,(H,21,25). The second-order valence-electron chi connectivity index (χ2n) is 5.65. The van der Waals surface area contributed by atoms with Crippen molar-refractivity contribution in [1.82, 2.24) is 20.2 Å². The number of hydrogen-bond donors (Lipinski definition) is 1. The quantitative estimate of drug-likeness (QED) is 0.550. The third kappa shape index (κ3) is 3.73. The Hall–Kier alpha value is -3.19. The Labute approximate surface area is 154 Å². The van der Waals surface area contributed by atoms with E-state index >= 15 is 0 Å². The molecule has 1 aromatic heterocycles. The van der Waals surface area contributed by atoms with Crippen molar-refractivity contribution in [1.29, 1.82) is 0 Å². The number of fused-ring (bicyclic) bond motifs is 1. The number of benzene rings is 3. The van der Waals surface area contributed by atoms with Crippen molar-refractivity contribution in [2.24, 2.45) is 0 Å². The molecule has 0 aliphatic heterocycles. The van der Waals surface area contributed by atoms with Gasteiger partial charge in [0.05, 0.1) is 11.4 Å². The number of anilines is 1. The van der Waals surface area contributed by atoms with Crippen molar-refractivity contribution >= 4 is 34.1 Å². The number of aromatic nitrogens is 4. The fraction of sp³-hybridized carbons (Fsp3) is 0.0526. The van der Waals surface area contributed by atoms with Crippen LogP contribution in [-0.2, 0) is 4.79 Å². The normalized spacial score (nSPS) is 10.8. The number of nitrogens with zero attached hydrogens (tertiary/aromatic N) is 4. The molecule has 0 unspecified atom stereocenters. The first kappa shape index (κ1) is 16.3. The minimum absolute atomic E-state index is 0.0432. The Kier molecular flexibility index (Phi) is 4.61. The lowest BCUT2D eigenvalue weighted by Crippen LogP contribution is -2.14. The number of thioether (sulfide) groups is 1. The first-order valence-corrected chi connectivity index (χ1v) is 9.01. The summed E-state index contributed by atoms with van der Waals surface area (Å²) < 4.78 is 1.56. The molecule has 0 atom stereocenters. The Morgan fingerprint density at radius 2 is 1.81 bits per heavy atom. The second-order valence-corrected chi connectivity index (χ2v) is 6.70. The van der Waals surface area contributed by atoms with Gasteiger partial charge >= 0.3 is 0 Å². The largest absolute Gasteiger partial charge is 0.325 e. The van der Waals surface area contributed by atoms with E-state index < -0.39 is 0 Å². The molecule has 128 valence electrons. The number of hydrogen-bond acceptors (Lipinski definition) is 5. The molecule has 0 bridgehead atoms. The van der Waals surface area contributed by atoms with E-state index in [1.165, 1.54) is 28.9 Å². The number of rotatable bonds is 5. The highest BCUT2D eigenvalue weighted by atomic mass is 32.2. The minimum Gasteiger partial charge on any atom is -0.325 e. The molecule has 0 saturated heterocycles. The highest BCUT2D eigenvalue weighted by Crippen LogP contribution is 2.23. The van der Waals surface area contributed by atoms with Gasteiger partial charge in [-0.1, -0.05) is 30.3 Å². The molecule has 3 aromatic carbocycles. The van der Waals surface area contributed by atoms with Crippen LogP contribution < -0.4 is 5.32 Å². The number of carbonyl (C=O) groups excluding carboxylic acids is 1. The highest BCUT2D eigenvalue weighted by molar-refractivity contribution is 8.00. The lowest BCUT2D eigenvalue weighted by molar-refractivity contribution is -0.113. The van der Waals surface area contributed by atoms with Crippen LogP contribution in [0.4, 0.5) is 5.69 Å². The third-order valence-corrected chi connectivity index (χ3v) is 4.85. The van der Waals surface area contributed by atoms with Crippen molar-refractivity contribution in [3.05, 3.63) is 73.1 Å². The molecule has 1 N–H and O–H groups in total. The first-order chi connectivity index (χ1) is 12.8. The minimum atomic E-state index is -0.0432. The Morgan fingerprint density at radius 3 is 2.58 bits per heavy atom. The molecule has 7 heteroatoms. The van der Waals surface area contributed by atoms with Crippen LogP contribution in [0.15, 0.2) is 78.0 Å². The molecule has 1 heterocycles. The lowest BCUT2D eigenvalue weighted by Gasteiger charge is -2.07. The number of nitrogens with one attached hydrogen (secondary N) is 1. The fourth-order valence-electron chi connectivity index (χ4n) is 2.58. The second kappa shape index (κ2) is 7.37. The summed E-state index contributed by atoms with van der Waals surface area (Å²) in [6, 6.07) is 21.8. The van der Waals surface area contributed by atoms with E-state index in [0.717, 1.165) is 16.3 Å². The van der Waals surface area contributed by atoms with Gasteiger partial charge in [0.15, 0.2) is 0 Å². The number of amides is 1. The molecule has 0 radical (unpaired) electrons. The Morgan fingerprint density at radius 1 is 1.00 bits per heavy atom. The summed E-state index contributed by atoms with van der Waals surface area (Å²) in [5.74, 6) is 0.311. The molecular formula is C19H15N5OS. The zero-order valence-corrected chi connectivity index (χ0v) is 14.6. The van der Waals surface area contributed by atoms with Crippen LogP contribution in [0.25, 0.3) is 16.5 Å². The predicted molar refractivity (Wildman–Crippen MR) is 102 cm³/mol. The van der Waals surface area contributed by atoms with E-state index in [1.807, 2.05) is 42.5 Å². The van der Waals surface area contributed by atoms with Gasteiger partial charge in [0.1, 0.15) is 6.33 Å². The van der Waals surface area contributed by atoms with Gasteiger partial charge in [-0.15, -0.1) is 16.9 Å². The SMILES string of the molecule is O=C(CSc1ccc2ccccc2c1)Nc1ccc(-n2cnnn2)cc1. The van der Waals surface area contributed by atoms with Gasteiger partial charge in [0.2, 0.25) is 5.91 Å². The Bertz CT molecular complexity index is 1030. The summed E-state index contributed by atoms with van der Waals surface area (Å²) in [5, 5.41) is 16.3. The topological polar surface area (TPSA) is 72.7 Å². The van der Waals surface area contributed by atoms with Crippen LogP contribution in [0.5, 0.6) is 0 Å². The molecule has 26 heavy (non-hydrogen) atoms. The van der Waals surface area contributed by atoms with Gasteiger partial charge < -0.3 is 5.32 Å². The molecule has 0 aliphatic carbocycles. The monoisotopic (exact) mass is 361 g/mol. The molecule has 0 spiro atoms.